The summed E-state index contributed by atoms with van der Waals surface area (Å²) in [7, 11) is 0. The van der Waals surface area contributed by atoms with Gasteiger partial charge in [0.25, 0.3) is 0 Å². The van der Waals surface area contributed by atoms with Gasteiger partial charge < -0.3 is 16.4 Å². The summed E-state index contributed by atoms with van der Waals surface area (Å²) in [6.45, 7) is 4.11. The first-order valence-electron chi connectivity index (χ1n) is 2.91. The topological polar surface area (TPSA) is 72.3 Å². The van der Waals surface area contributed by atoms with Gasteiger partial charge in [-0.05, 0) is 13.8 Å². The number of amides is 2. The largest absolute Gasteiger partial charge is 0.351 e. The van der Waals surface area contributed by atoms with Gasteiger partial charge in [-0.15, -0.1) is 0 Å². The molecule has 0 bridgehead atoms. The molecule has 0 spiro atoms. The molecule has 4 nitrogen and oxygen atoms in total. The van der Waals surface area contributed by atoms with E-state index < -0.39 is 6.03 Å². The minimum absolute atomic E-state index is 0.285. The van der Waals surface area contributed by atoms with E-state index in [0.29, 0.717) is 6.54 Å². The summed E-state index contributed by atoms with van der Waals surface area (Å²) in [4.78, 5) is 11.8. The maximum Gasteiger partial charge on any atom is 0.316 e. The lowest BCUT2D eigenvalue weighted by Gasteiger charge is -2.21. The van der Waals surface area contributed by atoms with Gasteiger partial charge in [0.05, 0.1) is 6.17 Å². The molecule has 54 valence electrons. The van der Waals surface area contributed by atoms with Gasteiger partial charge in [-0.3, -0.25) is 0 Å². The van der Waals surface area contributed by atoms with E-state index in [1.54, 1.807) is 6.92 Å². The highest BCUT2D eigenvalue weighted by molar-refractivity contribution is 5.72. The van der Waals surface area contributed by atoms with Crippen LogP contribution >= 0.6 is 0 Å². The zero-order valence-corrected chi connectivity index (χ0v) is 5.79. The van der Waals surface area contributed by atoms with Crippen molar-refractivity contribution in [3.05, 3.63) is 0 Å². The number of urea groups is 1. The molecule has 1 atom stereocenters. The van der Waals surface area contributed by atoms with E-state index in [-0.39, 0.29) is 6.17 Å². The normalized spacial score (nSPS) is 12.8. The van der Waals surface area contributed by atoms with Gasteiger partial charge >= 0.3 is 6.03 Å². The third kappa shape index (κ3) is 2.32. The Morgan fingerprint density at radius 1 is 1.78 bits per heavy atom. The molecule has 0 saturated carbocycles. The van der Waals surface area contributed by atoms with E-state index in [1.165, 1.54) is 4.90 Å². The molecule has 0 rings (SSSR count). The van der Waals surface area contributed by atoms with Crippen molar-refractivity contribution in [2.24, 2.45) is 11.5 Å². The van der Waals surface area contributed by atoms with Gasteiger partial charge in [0.2, 0.25) is 0 Å². The van der Waals surface area contributed by atoms with E-state index in [9.17, 15) is 4.79 Å². The maximum atomic E-state index is 10.4. The van der Waals surface area contributed by atoms with Crippen molar-refractivity contribution in [2.45, 2.75) is 20.0 Å². The molecule has 0 aliphatic carbocycles. The number of hydrogen-bond donors (Lipinski definition) is 2. The second-order valence-corrected chi connectivity index (χ2v) is 1.86. The van der Waals surface area contributed by atoms with Gasteiger partial charge in [0.1, 0.15) is 0 Å². The fraction of sp³-hybridized carbons (Fsp3) is 0.800. The first kappa shape index (κ1) is 8.23. The second kappa shape index (κ2) is 3.29. The van der Waals surface area contributed by atoms with Crippen LogP contribution in [0.15, 0.2) is 0 Å². The van der Waals surface area contributed by atoms with Crippen molar-refractivity contribution in [3.8, 4) is 0 Å². The molecule has 1 unspecified atom stereocenters. The van der Waals surface area contributed by atoms with Gasteiger partial charge in [-0.2, -0.15) is 0 Å². The Morgan fingerprint density at radius 2 is 2.22 bits per heavy atom. The van der Waals surface area contributed by atoms with Crippen LogP contribution in [-0.2, 0) is 0 Å². The van der Waals surface area contributed by atoms with Crippen molar-refractivity contribution in [3.63, 3.8) is 0 Å². The van der Waals surface area contributed by atoms with Crippen molar-refractivity contribution in [1.29, 1.82) is 0 Å². The molecule has 4 heteroatoms. The summed E-state index contributed by atoms with van der Waals surface area (Å²) < 4.78 is 0. The van der Waals surface area contributed by atoms with E-state index in [2.05, 4.69) is 0 Å². The molecule has 2 amide bonds. The van der Waals surface area contributed by atoms with Crippen LogP contribution < -0.4 is 11.5 Å². The van der Waals surface area contributed by atoms with Crippen LogP contribution in [0.5, 0.6) is 0 Å². The summed E-state index contributed by atoms with van der Waals surface area (Å²) in [5.41, 5.74) is 10.3. The summed E-state index contributed by atoms with van der Waals surface area (Å²) >= 11 is 0. The molecule has 0 aromatic heterocycles. The minimum atomic E-state index is -0.465. The molecular formula is C5H13N3O. The average Bonchev–Trinajstić information content (AvgIpc) is 1.64. The van der Waals surface area contributed by atoms with Gasteiger partial charge in [0.15, 0.2) is 0 Å². The number of nitrogens with zero attached hydrogens (tertiary/aromatic N) is 1. The molecule has 9 heavy (non-hydrogen) atoms. The van der Waals surface area contributed by atoms with Crippen LogP contribution in [0.25, 0.3) is 0 Å². The van der Waals surface area contributed by atoms with Crippen molar-refractivity contribution < 1.29 is 4.79 Å². The quantitative estimate of drug-likeness (QED) is 0.504. The van der Waals surface area contributed by atoms with Crippen LogP contribution in [0, 0.1) is 0 Å². The fourth-order valence-corrected chi connectivity index (χ4v) is 0.645. The molecule has 0 aliphatic rings. The highest BCUT2D eigenvalue weighted by Gasteiger charge is 2.09. The third-order valence-electron chi connectivity index (χ3n) is 1.12. The lowest BCUT2D eigenvalue weighted by atomic mass is 10.5. The van der Waals surface area contributed by atoms with Crippen LogP contribution in [0.3, 0.4) is 0 Å². The fourth-order valence-electron chi connectivity index (χ4n) is 0.645. The Morgan fingerprint density at radius 3 is 2.22 bits per heavy atom. The molecule has 0 heterocycles. The second-order valence-electron chi connectivity index (χ2n) is 1.86. The molecule has 0 aromatic rings. The zero-order chi connectivity index (χ0) is 7.44. The minimum Gasteiger partial charge on any atom is -0.351 e. The van der Waals surface area contributed by atoms with Gasteiger partial charge in [-0.1, -0.05) is 0 Å². The lowest BCUT2D eigenvalue weighted by Crippen LogP contribution is -2.46. The van der Waals surface area contributed by atoms with Gasteiger partial charge in [-0.25, -0.2) is 4.79 Å². The van der Waals surface area contributed by atoms with Crippen LogP contribution in [0.2, 0.25) is 0 Å². The summed E-state index contributed by atoms with van der Waals surface area (Å²) in [6, 6.07) is -0.465. The number of carbonyl (C=O) groups excluding carboxylic acids is 1. The zero-order valence-electron chi connectivity index (χ0n) is 5.79. The smallest absolute Gasteiger partial charge is 0.316 e. The monoisotopic (exact) mass is 131 g/mol. The van der Waals surface area contributed by atoms with E-state index in [4.69, 9.17) is 11.5 Å². The van der Waals surface area contributed by atoms with E-state index in [1.807, 2.05) is 6.92 Å². The van der Waals surface area contributed by atoms with Crippen molar-refractivity contribution in [2.75, 3.05) is 6.54 Å². The Kier molecular flexibility index (Phi) is 3.01. The maximum absolute atomic E-state index is 10.4. The predicted molar refractivity (Wildman–Crippen MR) is 35.6 cm³/mol. The third-order valence-corrected chi connectivity index (χ3v) is 1.12. The number of hydrogen-bond acceptors (Lipinski definition) is 2. The van der Waals surface area contributed by atoms with Crippen LogP contribution in [0.1, 0.15) is 13.8 Å². The predicted octanol–water partition coefficient (Wildman–Crippen LogP) is -0.308. The molecular weight excluding hydrogens is 118 g/mol. The highest BCUT2D eigenvalue weighted by atomic mass is 16.2. The average molecular weight is 131 g/mol. The van der Waals surface area contributed by atoms with Crippen molar-refractivity contribution in [1.82, 2.24) is 4.90 Å². The van der Waals surface area contributed by atoms with Crippen LogP contribution in [0.4, 0.5) is 4.79 Å². The highest BCUT2D eigenvalue weighted by Crippen LogP contribution is 1.89. The standard InChI is InChI=1S/C5H13N3O/c1-3-8(4(2)6)5(7)9/h4H,3,6H2,1-2H3,(H2,7,9). The molecule has 0 fully saturated rings. The van der Waals surface area contributed by atoms with E-state index in [0.717, 1.165) is 0 Å². The molecule has 0 aromatic carbocycles. The number of primary amides is 1. The van der Waals surface area contributed by atoms with Crippen molar-refractivity contribution >= 4 is 6.03 Å². The Labute approximate surface area is 54.8 Å². The lowest BCUT2D eigenvalue weighted by molar-refractivity contribution is 0.194. The first-order valence-corrected chi connectivity index (χ1v) is 2.91. The molecule has 0 aliphatic heterocycles. The number of rotatable bonds is 2. The number of nitrogens with two attached hydrogens (primary N) is 2. The molecule has 0 saturated heterocycles. The Hall–Kier alpha value is -0.770. The summed E-state index contributed by atoms with van der Waals surface area (Å²) in [5, 5.41) is 0. The first-order chi connectivity index (χ1) is 4.09. The summed E-state index contributed by atoms with van der Waals surface area (Å²) in [6.07, 6.45) is -0.285. The Bertz CT molecular complexity index is 102. The summed E-state index contributed by atoms with van der Waals surface area (Å²) in [5.74, 6) is 0. The van der Waals surface area contributed by atoms with Crippen LogP contribution in [-0.4, -0.2) is 23.6 Å². The Balaban J connectivity index is 3.83. The molecule has 4 N–H and O–H groups in total. The number of carbonyl (C=O) groups is 1. The molecule has 0 radical (unpaired) electrons. The SMILES string of the molecule is CCN(C(N)=O)C(C)N. The van der Waals surface area contributed by atoms with E-state index >= 15 is 0 Å². The van der Waals surface area contributed by atoms with Gasteiger partial charge in [0, 0.05) is 6.54 Å².